The highest BCUT2D eigenvalue weighted by Crippen LogP contribution is 2.35. The average molecular weight is 295 g/mol. The number of nitrogens with two attached hydrogens (primary N) is 1. The van der Waals surface area contributed by atoms with E-state index in [-0.39, 0.29) is 23.0 Å². The SMILES string of the molecule is Nc1nc(-c2ccccc2OC(F)(F)F)c2cn[nH]c2n1. The number of hydrogen-bond acceptors (Lipinski definition) is 5. The summed E-state index contributed by atoms with van der Waals surface area (Å²) in [4.78, 5) is 7.91. The first-order valence-corrected chi connectivity index (χ1v) is 5.76. The number of fused-ring (bicyclic) bond motifs is 1. The van der Waals surface area contributed by atoms with E-state index in [1.165, 1.54) is 24.4 Å². The van der Waals surface area contributed by atoms with Gasteiger partial charge in [-0.15, -0.1) is 13.2 Å². The van der Waals surface area contributed by atoms with Crippen LogP contribution in [0.5, 0.6) is 5.75 Å². The van der Waals surface area contributed by atoms with Gasteiger partial charge in [-0.2, -0.15) is 10.1 Å². The number of ether oxygens (including phenoxy) is 1. The number of nitrogen functional groups attached to an aromatic ring is 1. The van der Waals surface area contributed by atoms with Crippen LogP contribution in [0.1, 0.15) is 0 Å². The van der Waals surface area contributed by atoms with Gasteiger partial charge in [-0.1, -0.05) is 12.1 Å². The fraction of sp³-hybridized carbons (Fsp3) is 0.0833. The second-order valence-electron chi connectivity index (χ2n) is 4.11. The molecule has 0 aliphatic rings. The van der Waals surface area contributed by atoms with E-state index in [9.17, 15) is 13.2 Å². The molecular weight excluding hydrogens is 287 g/mol. The Balaban J connectivity index is 2.21. The predicted octanol–water partition coefficient (Wildman–Crippen LogP) is 2.50. The molecule has 2 heterocycles. The summed E-state index contributed by atoms with van der Waals surface area (Å²) in [5, 5.41) is 6.83. The van der Waals surface area contributed by atoms with Crippen molar-refractivity contribution in [2.45, 2.75) is 6.36 Å². The summed E-state index contributed by atoms with van der Waals surface area (Å²) in [6, 6.07) is 5.66. The van der Waals surface area contributed by atoms with Crippen LogP contribution in [0.2, 0.25) is 0 Å². The first-order valence-electron chi connectivity index (χ1n) is 5.76. The van der Waals surface area contributed by atoms with Crippen LogP contribution in [-0.2, 0) is 0 Å². The summed E-state index contributed by atoms with van der Waals surface area (Å²) in [7, 11) is 0. The van der Waals surface area contributed by atoms with Crippen LogP contribution in [0.4, 0.5) is 19.1 Å². The molecule has 0 atom stereocenters. The molecule has 0 saturated carbocycles. The zero-order chi connectivity index (χ0) is 15.0. The van der Waals surface area contributed by atoms with Crippen molar-refractivity contribution >= 4 is 17.0 Å². The van der Waals surface area contributed by atoms with Gasteiger partial charge in [0.15, 0.2) is 5.65 Å². The van der Waals surface area contributed by atoms with Gasteiger partial charge in [0.2, 0.25) is 5.95 Å². The second kappa shape index (κ2) is 4.62. The predicted molar refractivity (Wildman–Crippen MR) is 68.2 cm³/mol. The quantitative estimate of drug-likeness (QED) is 0.758. The van der Waals surface area contributed by atoms with Crippen LogP contribution < -0.4 is 10.5 Å². The minimum Gasteiger partial charge on any atom is -0.405 e. The Kier molecular flexibility index (Phi) is 2.89. The summed E-state index contributed by atoms with van der Waals surface area (Å²) in [6.45, 7) is 0. The summed E-state index contributed by atoms with van der Waals surface area (Å²) in [6.07, 6.45) is -3.39. The summed E-state index contributed by atoms with van der Waals surface area (Å²) >= 11 is 0. The summed E-state index contributed by atoms with van der Waals surface area (Å²) in [5.41, 5.74) is 6.26. The van der Waals surface area contributed by atoms with Crippen molar-refractivity contribution in [3.05, 3.63) is 30.5 Å². The number of hydrogen-bond donors (Lipinski definition) is 2. The maximum absolute atomic E-state index is 12.5. The Hall–Kier alpha value is -2.84. The minimum atomic E-state index is -4.80. The van der Waals surface area contributed by atoms with Crippen molar-refractivity contribution in [3.8, 4) is 17.0 Å². The lowest BCUT2D eigenvalue weighted by atomic mass is 10.1. The third-order valence-electron chi connectivity index (χ3n) is 2.69. The van der Waals surface area contributed by atoms with Gasteiger partial charge in [0, 0.05) is 5.56 Å². The van der Waals surface area contributed by atoms with E-state index in [1.54, 1.807) is 6.07 Å². The Morgan fingerprint density at radius 1 is 1.14 bits per heavy atom. The monoisotopic (exact) mass is 295 g/mol. The highest BCUT2D eigenvalue weighted by atomic mass is 19.4. The maximum Gasteiger partial charge on any atom is 0.573 e. The van der Waals surface area contributed by atoms with Crippen molar-refractivity contribution in [2.75, 3.05) is 5.73 Å². The van der Waals surface area contributed by atoms with Crippen LogP contribution in [-0.4, -0.2) is 26.5 Å². The highest BCUT2D eigenvalue weighted by Gasteiger charge is 2.32. The molecule has 0 unspecified atom stereocenters. The number of rotatable bonds is 2. The van der Waals surface area contributed by atoms with Gasteiger partial charge in [0.1, 0.15) is 5.75 Å². The molecular formula is C12H8F3N5O. The average Bonchev–Trinajstić information content (AvgIpc) is 2.84. The molecule has 3 aromatic rings. The van der Waals surface area contributed by atoms with Crippen molar-refractivity contribution in [2.24, 2.45) is 0 Å². The summed E-state index contributed by atoms with van der Waals surface area (Å²) < 4.78 is 41.4. The zero-order valence-corrected chi connectivity index (χ0v) is 10.3. The molecule has 0 saturated heterocycles. The number of aromatic nitrogens is 4. The molecule has 6 nitrogen and oxygen atoms in total. The normalized spacial score (nSPS) is 11.8. The fourth-order valence-electron chi connectivity index (χ4n) is 1.93. The van der Waals surface area contributed by atoms with Crippen LogP contribution >= 0.6 is 0 Å². The third-order valence-corrected chi connectivity index (χ3v) is 2.69. The number of aromatic amines is 1. The number of nitrogens with one attached hydrogen (secondary N) is 1. The smallest absolute Gasteiger partial charge is 0.405 e. The number of anilines is 1. The lowest BCUT2D eigenvalue weighted by Gasteiger charge is -2.13. The van der Waals surface area contributed by atoms with Gasteiger partial charge in [-0.3, -0.25) is 5.10 Å². The number of H-pyrrole nitrogens is 1. The van der Waals surface area contributed by atoms with Crippen molar-refractivity contribution in [1.82, 2.24) is 20.2 Å². The fourth-order valence-corrected chi connectivity index (χ4v) is 1.93. The number of alkyl halides is 3. The highest BCUT2D eigenvalue weighted by molar-refractivity contribution is 5.92. The molecule has 3 N–H and O–H groups in total. The lowest BCUT2D eigenvalue weighted by Crippen LogP contribution is -2.17. The molecule has 3 rings (SSSR count). The topological polar surface area (TPSA) is 89.7 Å². The lowest BCUT2D eigenvalue weighted by molar-refractivity contribution is -0.274. The molecule has 0 amide bonds. The Morgan fingerprint density at radius 2 is 1.90 bits per heavy atom. The molecule has 0 bridgehead atoms. The van der Waals surface area contributed by atoms with Crippen molar-refractivity contribution in [3.63, 3.8) is 0 Å². The van der Waals surface area contributed by atoms with Gasteiger partial charge >= 0.3 is 6.36 Å². The van der Waals surface area contributed by atoms with Crippen LogP contribution in [0.25, 0.3) is 22.3 Å². The van der Waals surface area contributed by atoms with Gasteiger partial charge in [0.25, 0.3) is 0 Å². The molecule has 0 spiro atoms. The molecule has 0 aliphatic heterocycles. The number of nitrogens with zero attached hydrogens (tertiary/aromatic N) is 3. The minimum absolute atomic E-state index is 0.0800. The zero-order valence-electron chi connectivity index (χ0n) is 10.3. The molecule has 2 aromatic heterocycles. The standard InChI is InChI=1S/C12H8F3N5O/c13-12(14,15)21-8-4-2-1-3-6(8)9-7-5-17-20-10(7)19-11(16)18-9/h1-5H,(H3,16,17,18,19,20). The van der Waals surface area contributed by atoms with Gasteiger partial charge < -0.3 is 10.5 Å². The van der Waals surface area contributed by atoms with E-state index >= 15 is 0 Å². The third kappa shape index (κ3) is 2.57. The number of benzene rings is 1. The Bertz CT molecular complexity index is 799. The van der Waals surface area contributed by atoms with E-state index in [2.05, 4.69) is 24.9 Å². The number of para-hydroxylation sites is 1. The van der Waals surface area contributed by atoms with E-state index in [0.717, 1.165) is 0 Å². The molecule has 21 heavy (non-hydrogen) atoms. The largest absolute Gasteiger partial charge is 0.573 e. The van der Waals surface area contributed by atoms with Crippen molar-refractivity contribution in [1.29, 1.82) is 0 Å². The first-order chi connectivity index (χ1) is 9.94. The maximum atomic E-state index is 12.5. The van der Waals surface area contributed by atoms with E-state index in [4.69, 9.17) is 5.73 Å². The van der Waals surface area contributed by atoms with Crippen LogP contribution in [0.3, 0.4) is 0 Å². The first kappa shape index (κ1) is 13.2. The van der Waals surface area contributed by atoms with Crippen molar-refractivity contribution < 1.29 is 17.9 Å². The molecule has 0 radical (unpaired) electrons. The van der Waals surface area contributed by atoms with E-state index in [1.807, 2.05) is 0 Å². The van der Waals surface area contributed by atoms with E-state index in [0.29, 0.717) is 11.0 Å². The van der Waals surface area contributed by atoms with Gasteiger partial charge in [0.05, 0.1) is 17.3 Å². The second-order valence-corrected chi connectivity index (χ2v) is 4.11. The van der Waals surface area contributed by atoms with Gasteiger partial charge in [-0.25, -0.2) is 4.98 Å². The summed E-state index contributed by atoms with van der Waals surface area (Å²) in [5.74, 6) is -0.450. The molecule has 108 valence electrons. The van der Waals surface area contributed by atoms with Gasteiger partial charge in [-0.05, 0) is 12.1 Å². The molecule has 1 aromatic carbocycles. The molecule has 9 heteroatoms. The van der Waals surface area contributed by atoms with Crippen LogP contribution in [0.15, 0.2) is 30.5 Å². The molecule has 0 aliphatic carbocycles. The Labute approximate surface area is 115 Å². The number of halogens is 3. The molecule has 0 fully saturated rings. The van der Waals surface area contributed by atoms with Crippen LogP contribution in [0, 0.1) is 0 Å². The van der Waals surface area contributed by atoms with E-state index < -0.39 is 6.36 Å². The Morgan fingerprint density at radius 3 is 2.67 bits per heavy atom.